The fraction of sp³-hybridized carbons (Fsp3) is 0.710. The largest absolute Gasteiger partial charge is 0.257 e. The van der Waals surface area contributed by atoms with E-state index in [2.05, 4.69) is 66.1 Å². The minimum Gasteiger partial charge on any atom is -0.247 e. The number of aromatic amines is 1. The average molecular weight is 454 g/mol. The first kappa shape index (κ1) is 27.7. The Hall–Kier alpha value is -1.57. The van der Waals surface area contributed by atoms with E-state index in [4.69, 9.17) is 0 Å². The lowest BCUT2D eigenvalue weighted by Crippen LogP contribution is -2.37. The Morgan fingerprint density at radius 3 is 1.88 bits per heavy atom. The fourth-order valence-corrected chi connectivity index (χ4v) is 5.20. The summed E-state index contributed by atoms with van der Waals surface area (Å²) in [6, 6.07) is 10.9. The minimum atomic E-state index is 0.689. The second-order valence-corrected chi connectivity index (χ2v) is 10.1. The Morgan fingerprint density at radius 1 is 0.667 bits per heavy atom. The molecule has 33 heavy (non-hydrogen) atoms. The molecule has 1 aromatic carbocycles. The first-order chi connectivity index (χ1) is 16.3. The van der Waals surface area contributed by atoms with Crippen molar-refractivity contribution in [2.24, 2.45) is 0 Å². The number of aromatic nitrogens is 2. The van der Waals surface area contributed by atoms with E-state index < -0.39 is 0 Å². The van der Waals surface area contributed by atoms with Gasteiger partial charge in [-0.25, -0.2) is 9.55 Å². The van der Waals surface area contributed by atoms with Crippen LogP contribution in [0.2, 0.25) is 0 Å². The van der Waals surface area contributed by atoms with Gasteiger partial charge in [0.25, 0.3) is 5.82 Å². The van der Waals surface area contributed by atoms with Crippen molar-refractivity contribution in [3.63, 3.8) is 0 Å². The predicted octanol–water partition coefficient (Wildman–Crippen LogP) is 9.30. The summed E-state index contributed by atoms with van der Waals surface area (Å²) in [5, 5.41) is 0. The fourth-order valence-electron chi connectivity index (χ4n) is 5.20. The van der Waals surface area contributed by atoms with E-state index in [-0.39, 0.29) is 0 Å². The van der Waals surface area contributed by atoms with Crippen LogP contribution in [-0.2, 0) is 13.0 Å². The molecule has 0 unspecified atom stereocenters. The zero-order chi connectivity index (χ0) is 23.4. The van der Waals surface area contributed by atoms with Gasteiger partial charge in [-0.05, 0) is 31.2 Å². The van der Waals surface area contributed by atoms with Gasteiger partial charge in [-0.1, -0.05) is 134 Å². The summed E-state index contributed by atoms with van der Waals surface area (Å²) in [5.41, 5.74) is 1.45. The Morgan fingerprint density at radius 2 is 1.27 bits per heavy atom. The van der Waals surface area contributed by atoms with Crippen LogP contribution in [0.4, 0.5) is 0 Å². The number of imidazole rings is 1. The Labute approximate surface area is 205 Å². The van der Waals surface area contributed by atoms with Crippen molar-refractivity contribution >= 4 is 0 Å². The Bertz CT molecular complexity index is 675. The van der Waals surface area contributed by atoms with Crippen molar-refractivity contribution in [2.45, 2.75) is 142 Å². The van der Waals surface area contributed by atoms with Crippen LogP contribution in [0.15, 0.2) is 42.7 Å². The smallest absolute Gasteiger partial charge is 0.247 e. The maximum absolute atomic E-state index is 3.60. The molecular weight excluding hydrogens is 400 g/mol. The highest BCUT2D eigenvalue weighted by Crippen LogP contribution is 2.24. The van der Waals surface area contributed by atoms with Crippen molar-refractivity contribution in [3.05, 3.63) is 54.1 Å². The van der Waals surface area contributed by atoms with E-state index in [1.807, 2.05) is 0 Å². The van der Waals surface area contributed by atoms with Gasteiger partial charge >= 0.3 is 0 Å². The standard InChI is InChI=1S/C31H52N2/c1-3-5-6-7-8-9-10-11-12-13-14-15-19-25-30(21-4-2)31-32-26-28-33(31)27-20-24-29-22-17-16-18-23-29/h16-18,22-23,26,28,30H,3-15,19-21,24-25,27H2,1-2H3/p+1/t30-/m0/s1. The van der Waals surface area contributed by atoms with Gasteiger partial charge in [-0.3, -0.25) is 0 Å². The number of aryl methyl sites for hydroxylation is 2. The highest BCUT2D eigenvalue weighted by Gasteiger charge is 2.21. The maximum Gasteiger partial charge on any atom is 0.257 e. The molecule has 2 nitrogen and oxygen atoms in total. The van der Waals surface area contributed by atoms with E-state index in [9.17, 15) is 0 Å². The molecule has 0 aliphatic heterocycles. The predicted molar refractivity (Wildman–Crippen MR) is 144 cm³/mol. The van der Waals surface area contributed by atoms with Gasteiger partial charge in [-0.2, -0.15) is 0 Å². The number of rotatable bonds is 21. The number of hydrogen-bond donors (Lipinski definition) is 1. The molecule has 186 valence electrons. The average Bonchev–Trinajstić information content (AvgIpc) is 3.30. The second-order valence-electron chi connectivity index (χ2n) is 10.1. The van der Waals surface area contributed by atoms with Crippen LogP contribution >= 0.6 is 0 Å². The van der Waals surface area contributed by atoms with Gasteiger partial charge < -0.3 is 0 Å². The lowest BCUT2D eigenvalue weighted by atomic mass is 9.95. The van der Waals surface area contributed by atoms with Crippen LogP contribution in [0.1, 0.15) is 140 Å². The van der Waals surface area contributed by atoms with Gasteiger partial charge in [0.2, 0.25) is 0 Å². The summed E-state index contributed by atoms with van der Waals surface area (Å²) in [4.78, 5) is 3.60. The molecule has 2 heteroatoms. The molecule has 1 N–H and O–H groups in total. The van der Waals surface area contributed by atoms with Crippen LogP contribution in [0.3, 0.4) is 0 Å². The van der Waals surface area contributed by atoms with Gasteiger partial charge in [0.15, 0.2) is 0 Å². The highest BCUT2D eigenvalue weighted by atomic mass is 15.1. The Balaban J connectivity index is 1.57. The van der Waals surface area contributed by atoms with Crippen molar-refractivity contribution < 1.29 is 4.57 Å². The van der Waals surface area contributed by atoms with E-state index >= 15 is 0 Å². The lowest BCUT2D eigenvalue weighted by molar-refractivity contribution is -0.704. The zero-order valence-electron chi connectivity index (χ0n) is 22.0. The van der Waals surface area contributed by atoms with Crippen molar-refractivity contribution in [2.75, 3.05) is 0 Å². The number of unbranched alkanes of at least 4 members (excludes halogenated alkanes) is 12. The SMILES string of the molecule is CCCCCCCCCCCCCCC[C@H](CCC)c1[nH]cc[n+]1CCCc1ccccc1. The summed E-state index contributed by atoms with van der Waals surface area (Å²) in [5.74, 6) is 2.15. The number of H-pyrrole nitrogens is 1. The van der Waals surface area contributed by atoms with Crippen molar-refractivity contribution in [1.82, 2.24) is 4.98 Å². The summed E-state index contributed by atoms with van der Waals surface area (Å²) in [6.07, 6.45) is 29.3. The topological polar surface area (TPSA) is 19.7 Å². The Kier molecular flexibility index (Phi) is 15.8. The number of nitrogens with one attached hydrogen (secondary N) is 1. The van der Waals surface area contributed by atoms with Gasteiger partial charge in [0.05, 0.1) is 12.5 Å². The van der Waals surface area contributed by atoms with E-state index in [0.717, 1.165) is 13.0 Å². The molecule has 0 bridgehead atoms. The number of benzene rings is 1. The summed E-state index contributed by atoms with van der Waals surface area (Å²) in [6.45, 7) is 5.75. The van der Waals surface area contributed by atoms with Crippen LogP contribution in [-0.4, -0.2) is 4.98 Å². The third-order valence-electron chi connectivity index (χ3n) is 7.18. The van der Waals surface area contributed by atoms with Gasteiger partial charge in [0, 0.05) is 0 Å². The quantitative estimate of drug-likeness (QED) is 0.143. The molecule has 0 spiro atoms. The second kappa shape index (κ2) is 18.8. The summed E-state index contributed by atoms with van der Waals surface area (Å²) in [7, 11) is 0. The molecule has 0 radical (unpaired) electrons. The molecule has 1 heterocycles. The van der Waals surface area contributed by atoms with E-state index in [0.29, 0.717) is 5.92 Å². The highest BCUT2D eigenvalue weighted by molar-refractivity contribution is 5.14. The van der Waals surface area contributed by atoms with Crippen LogP contribution in [0, 0.1) is 0 Å². The molecular formula is C31H53N2+. The molecule has 0 saturated carbocycles. The van der Waals surface area contributed by atoms with E-state index in [1.54, 1.807) is 0 Å². The van der Waals surface area contributed by atoms with Crippen LogP contribution in [0.25, 0.3) is 0 Å². The van der Waals surface area contributed by atoms with Gasteiger partial charge in [-0.15, -0.1) is 0 Å². The summed E-state index contributed by atoms with van der Waals surface area (Å²) >= 11 is 0. The third kappa shape index (κ3) is 12.5. The van der Waals surface area contributed by atoms with Crippen molar-refractivity contribution in [1.29, 1.82) is 0 Å². The lowest BCUT2D eigenvalue weighted by Gasteiger charge is -2.13. The number of hydrogen-bond acceptors (Lipinski definition) is 0. The third-order valence-corrected chi connectivity index (χ3v) is 7.18. The van der Waals surface area contributed by atoms with Crippen LogP contribution < -0.4 is 4.57 Å². The first-order valence-corrected chi connectivity index (χ1v) is 14.5. The molecule has 0 aliphatic rings. The molecule has 0 aliphatic carbocycles. The maximum atomic E-state index is 3.60. The van der Waals surface area contributed by atoms with E-state index in [1.165, 1.54) is 121 Å². The van der Waals surface area contributed by atoms with Crippen molar-refractivity contribution in [3.8, 4) is 0 Å². The molecule has 2 rings (SSSR count). The molecule has 0 saturated heterocycles. The van der Waals surface area contributed by atoms with Crippen LogP contribution in [0.5, 0.6) is 0 Å². The molecule has 1 aromatic heterocycles. The molecule has 0 fully saturated rings. The molecule has 0 amide bonds. The monoisotopic (exact) mass is 453 g/mol. The normalized spacial score (nSPS) is 12.3. The van der Waals surface area contributed by atoms with Gasteiger partial charge in [0.1, 0.15) is 12.4 Å². The zero-order valence-corrected chi connectivity index (χ0v) is 22.0. The molecule has 2 aromatic rings. The minimum absolute atomic E-state index is 0.689. The first-order valence-electron chi connectivity index (χ1n) is 14.5. The summed E-state index contributed by atoms with van der Waals surface area (Å²) < 4.78 is 2.49. The molecule has 1 atom stereocenters. The number of nitrogens with zero attached hydrogens (tertiary/aromatic N) is 1.